The largest absolute Gasteiger partial charge is 0.491 e. The van der Waals surface area contributed by atoms with Crippen LogP contribution in [0.1, 0.15) is 99.8 Å². The summed E-state index contributed by atoms with van der Waals surface area (Å²) in [6, 6.07) is 5.35. The molecule has 1 aromatic heterocycles. The van der Waals surface area contributed by atoms with Crippen molar-refractivity contribution in [2.24, 2.45) is 17.8 Å². The number of carbonyl (C=O) groups is 4. The molecule has 3 fully saturated rings. The Bertz CT molecular complexity index is 1980. The Morgan fingerprint density at radius 2 is 1.80 bits per heavy atom. The molecular formula is C41H57N5O9S. The number of ether oxygens (including phenoxy) is 3. The van der Waals surface area contributed by atoms with Crippen molar-refractivity contribution in [3.05, 3.63) is 42.6 Å². The second-order valence-corrected chi connectivity index (χ2v) is 19.6. The summed E-state index contributed by atoms with van der Waals surface area (Å²) in [5, 5.41) is 7.23. The predicted octanol–water partition coefficient (Wildman–Crippen LogP) is 5.15. The van der Waals surface area contributed by atoms with Crippen molar-refractivity contribution in [1.82, 2.24) is 25.2 Å². The summed E-state index contributed by atoms with van der Waals surface area (Å²) >= 11 is 0. The summed E-state index contributed by atoms with van der Waals surface area (Å²) in [4.78, 5) is 62.5. The molecule has 4 aliphatic rings. The molecule has 1 aromatic carbocycles. The number of pyridine rings is 1. The first-order chi connectivity index (χ1) is 26.4. The van der Waals surface area contributed by atoms with E-state index in [0.717, 1.165) is 18.2 Å². The lowest BCUT2D eigenvalue weighted by Gasteiger charge is -2.33. The van der Waals surface area contributed by atoms with Crippen LogP contribution in [0.25, 0.3) is 10.8 Å². The van der Waals surface area contributed by atoms with Gasteiger partial charge in [0.1, 0.15) is 35.1 Å². The van der Waals surface area contributed by atoms with Gasteiger partial charge in [-0.3, -0.25) is 19.1 Å². The van der Waals surface area contributed by atoms with Crippen LogP contribution in [0, 0.1) is 17.8 Å². The Labute approximate surface area is 329 Å². The zero-order valence-electron chi connectivity index (χ0n) is 33.6. The molecule has 0 unspecified atom stereocenters. The van der Waals surface area contributed by atoms with Gasteiger partial charge in [-0.1, -0.05) is 51.1 Å². The van der Waals surface area contributed by atoms with Crippen LogP contribution in [0.2, 0.25) is 0 Å². The number of alkyl carbamates (subject to hydrolysis) is 1. The molecule has 2 saturated carbocycles. The Morgan fingerprint density at radius 3 is 2.48 bits per heavy atom. The summed E-state index contributed by atoms with van der Waals surface area (Å²) < 4.78 is 45.7. The maximum Gasteiger partial charge on any atom is 0.408 e. The number of allylic oxidation sites excluding steroid dienone is 1. The lowest BCUT2D eigenvalue weighted by molar-refractivity contribution is -0.142. The standard InChI is InChI=1S/C41H57N5O9S/c1-8-19-53-32-23-42-35(30-16-12-11-15-29(30)32)54-28-21-31-34(47)44-41(37(49)45-56(51,52)40(7)17-18-40)22-27(41)14-10-9-13-25(2)20-26(3)33(36(48)46(31)24-28)43-38(50)55-39(4,5)6/h10-12,14-16,23,25-28,31,33H,8-9,13,17-22,24H2,1-7H3,(H,43,50)(H,44,47)(H,45,49)/b14-10-/t25-,26+,27+,28+,31-,33-,41+/m0/s1. The highest BCUT2D eigenvalue weighted by Gasteiger charge is 2.63. The number of rotatable bonds is 9. The molecule has 4 amide bonds. The van der Waals surface area contributed by atoms with Crippen molar-refractivity contribution in [3.8, 4) is 11.6 Å². The van der Waals surface area contributed by atoms with E-state index < -0.39 is 73.8 Å². The molecule has 14 nitrogen and oxygen atoms in total. The molecule has 306 valence electrons. The minimum atomic E-state index is -4.00. The zero-order chi connectivity index (χ0) is 40.6. The van der Waals surface area contributed by atoms with Gasteiger partial charge in [-0.05, 0) is 90.5 Å². The highest BCUT2D eigenvalue weighted by molar-refractivity contribution is 7.91. The number of hydrogen-bond donors (Lipinski definition) is 3. The summed E-state index contributed by atoms with van der Waals surface area (Å²) in [5.74, 6) is -1.64. The number of benzene rings is 1. The van der Waals surface area contributed by atoms with E-state index in [9.17, 15) is 27.6 Å². The predicted molar refractivity (Wildman–Crippen MR) is 210 cm³/mol. The van der Waals surface area contributed by atoms with Gasteiger partial charge in [-0.2, -0.15) is 0 Å². The first kappa shape index (κ1) is 41.2. The quantitative estimate of drug-likeness (QED) is 0.287. The molecule has 6 rings (SSSR count). The number of carbonyl (C=O) groups excluding carboxylic acids is 4. The van der Waals surface area contributed by atoms with E-state index in [-0.39, 0.29) is 31.2 Å². The van der Waals surface area contributed by atoms with Crippen LogP contribution in [0.3, 0.4) is 0 Å². The van der Waals surface area contributed by atoms with Gasteiger partial charge in [-0.15, -0.1) is 0 Å². The lowest BCUT2D eigenvalue weighted by atomic mass is 9.88. The zero-order valence-corrected chi connectivity index (χ0v) is 34.4. The number of nitrogens with one attached hydrogen (secondary N) is 3. The van der Waals surface area contributed by atoms with Crippen molar-refractivity contribution in [2.45, 2.75) is 134 Å². The van der Waals surface area contributed by atoms with Crippen LogP contribution in [-0.2, 0) is 29.1 Å². The number of hydrogen-bond acceptors (Lipinski definition) is 10. The van der Waals surface area contributed by atoms with E-state index in [0.29, 0.717) is 49.3 Å². The molecule has 0 radical (unpaired) electrons. The van der Waals surface area contributed by atoms with E-state index in [1.807, 2.05) is 50.3 Å². The Balaban J connectivity index is 1.35. The first-order valence-corrected chi connectivity index (χ1v) is 21.4. The van der Waals surface area contributed by atoms with Crippen molar-refractivity contribution < 1.29 is 41.8 Å². The number of sulfonamides is 1. The summed E-state index contributed by atoms with van der Waals surface area (Å²) in [6.45, 7) is 13.3. The summed E-state index contributed by atoms with van der Waals surface area (Å²) in [6.07, 6.45) is 7.95. The number of amides is 4. The summed E-state index contributed by atoms with van der Waals surface area (Å²) in [7, 11) is -4.00. The van der Waals surface area contributed by atoms with Crippen molar-refractivity contribution in [2.75, 3.05) is 13.2 Å². The molecule has 3 heterocycles. The van der Waals surface area contributed by atoms with Gasteiger partial charge in [0.25, 0.3) is 5.91 Å². The fourth-order valence-corrected chi connectivity index (χ4v) is 9.06. The van der Waals surface area contributed by atoms with Crippen LogP contribution in [0.15, 0.2) is 42.6 Å². The highest BCUT2D eigenvalue weighted by atomic mass is 32.2. The normalized spacial score (nSPS) is 29.7. The van der Waals surface area contributed by atoms with E-state index in [1.54, 1.807) is 33.9 Å². The van der Waals surface area contributed by atoms with Crippen LogP contribution >= 0.6 is 0 Å². The first-order valence-electron chi connectivity index (χ1n) is 19.9. The minimum absolute atomic E-state index is 0.0228. The average molecular weight is 796 g/mol. The Kier molecular flexibility index (Phi) is 11.7. The highest BCUT2D eigenvalue weighted by Crippen LogP contribution is 2.47. The molecule has 56 heavy (non-hydrogen) atoms. The topological polar surface area (TPSA) is 182 Å². The Hall–Kier alpha value is -4.40. The van der Waals surface area contributed by atoms with E-state index in [4.69, 9.17) is 14.2 Å². The molecule has 1 saturated heterocycles. The van der Waals surface area contributed by atoms with Gasteiger partial charge in [0.05, 0.1) is 24.1 Å². The van der Waals surface area contributed by atoms with Gasteiger partial charge in [0.15, 0.2) is 0 Å². The van der Waals surface area contributed by atoms with Gasteiger partial charge in [0.2, 0.25) is 27.7 Å². The minimum Gasteiger partial charge on any atom is -0.491 e. The van der Waals surface area contributed by atoms with Crippen molar-refractivity contribution in [1.29, 1.82) is 0 Å². The monoisotopic (exact) mass is 795 g/mol. The molecule has 7 atom stereocenters. The van der Waals surface area contributed by atoms with E-state index >= 15 is 0 Å². The van der Waals surface area contributed by atoms with Crippen molar-refractivity contribution in [3.63, 3.8) is 0 Å². The maximum atomic E-state index is 14.8. The van der Waals surface area contributed by atoms with Crippen molar-refractivity contribution >= 4 is 44.6 Å². The van der Waals surface area contributed by atoms with Crippen LogP contribution in [-0.4, -0.2) is 89.3 Å². The van der Waals surface area contributed by atoms with Gasteiger partial charge >= 0.3 is 6.09 Å². The second-order valence-electron chi connectivity index (χ2n) is 17.4. The van der Waals surface area contributed by atoms with E-state index in [2.05, 4.69) is 27.3 Å². The average Bonchev–Trinajstić information content (AvgIpc) is 4.01. The smallest absolute Gasteiger partial charge is 0.408 e. The van der Waals surface area contributed by atoms with Crippen LogP contribution < -0.4 is 24.8 Å². The number of fused-ring (bicyclic) bond motifs is 3. The van der Waals surface area contributed by atoms with Gasteiger partial charge < -0.3 is 29.7 Å². The molecule has 0 spiro atoms. The van der Waals surface area contributed by atoms with Gasteiger partial charge in [-0.25, -0.2) is 18.2 Å². The SMILES string of the molecule is CCCOc1cnc(O[C@@H]2C[C@H]3C(=O)N[C@]4(C(=O)NS(=O)(=O)C5(C)CC5)C[C@H]4/C=C\CC[C@H](C)C[C@@H](C)[C@H](NC(=O)OC(C)(C)C)C(=O)N3C2)c2ccccc12. The maximum absolute atomic E-state index is 14.8. The third-order valence-electron chi connectivity index (χ3n) is 11.4. The molecule has 2 aliphatic heterocycles. The van der Waals surface area contributed by atoms with E-state index in [1.165, 1.54) is 4.90 Å². The molecule has 15 heteroatoms. The Morgan fingerprint density at radius 1 is 1.09 bits per heavy atom. The third-order valence-corrected chi connectivity index (χ3v) is 13.5. The fourth-order valence-electron chi connectivity index (χ4n) is 7.75. The molecule has 2 aliphatic carbocycles. The molecular weight excluding hydrogens is 739 g/mol. The second kappa shape index (κ2) is 15.9. The lowest BCUT2D eigenvalue weighted by Crippen LogP contribution is -2.59. The summed E-state index contributed by atoms with van der Waals surface area (Å²) in [5.41, 5.74) is -2.35. The molecule has 2 aromatic rings. The number of nitrogens with zero attached hydrogens (tertiary/aromatic N) is 2. The third kappa shape index (κ3) is 8.92. The van der Waals surface area contributed by atoms with Gasteiger partial charge in [0, 0.05) is 23.1 Å². The number of aromatic nitrogens is 1. The molecule has 3 N–H and O–H groups in total. The molecule has 0 bridgehead atoms. The van der Waals surface area contributed by atoms with Crippen LogP contribution in [0.5, 0.6) is 11.6 Å². The van der Waals surface area contributed by atoms with Crippen LogP contribution in [0.4, 0.5) is 4.79 Å². The fraction of sp³-hybridized carbons (Fsp3) is 0.634.